The number of hydrogen-bond acceptors (Lipinski definition) is 3. The topological polar surface area (TPSA) is 43.6 Å². The van der Waals surface area contributed by atoms with Crippen molar-refractivity contribution in [3.8, 4) is 50.6 Å². The van der Waals surface area contributed by atoms with E-state index in [9.17, 15) is 0 Å². The highest BCUT2D eigenvalue weighted by atomic mass is 15.1. The van der Waals surface area contributed by atoms with Crippen LogP contribution in [0.3, 0.4) is 0 Å². The van der Waals surface area contributed by atoms with Crippen LogP contribution in [0.5, 0.6) is 0 Å². The second-order valence-electron chi connectivity index (χ2n) is 15.1. The smallest absolute Gasteiger partial charge is 0.145 e. The Morgan fingerprint density at radius 2 is 0.831 bits per heavy atom. The van der Waals surface area contributed by atoms with Crippen molar-refractivity contribution < 1.29 is 0 Å². The number of hydrogen-bond donors (Lipinski definition) is 0. The quantitative estimate of drug-likeness (QED) is 0.130. The second-order valence-corrected chi connectivity index (χ2v) is 15.1. The Morgan fingerprint density at radius 1 is 0.305 bits per heavy atom. The number of imidazole rings is 1. The van der Waals surface area contributed by atoms with E-state index in [-0.39, 0.29) is 0 Å². The highest BCUT2D eigenvalue weighted by Crippen LogP contribution is 2.45. The minimum atomic E-state index is 0.901. The van der Waals surface area contributed by atoms with Crippen molar-refractivity contribution in [3.05, 3.63) is 206 Å². The molecule has 4 heteroatoms. The summed E-state index contributed by atoms with van der Waals surface area (Å²) in [5.41, 5.74) is 13.7. The second kappa shape index (κ2) is 13.3. The number of benzene rings is 9. The van der Waals surface area contributed by atoms with Crippen LogP contribution in [0.4, 0.5) is 0 Å². The van der Waals surface area contributed by atoms with Crippen molar-refractivity contribution in [2.45, 2.75) is 0 Å². The Labute approximate surface area is 340 Å². The predicted molar refractivity (Wildman–Crippen MR) is 246 cm³/mol. The molecule has 0 amide bonds. The van der Waals surface area contributed by atoms with E-state index >= 15 is 0 Å². The molecule has 9 aromatic carbocycles. The van der Waals surface area contributed by atoms with E-state index < -0.39 is 0 Å². The minimum Gasteiger partial charge on any atom is -0.292 e. The zero-order chi connectivity index (χ0) is 38.9. The summed E-state index contributed by atoms with van der Waals surface area (Å²) < 4.78 is 2.27. The van der Waals surface area contributed by atoms with Crippen LogP contribution >= 0.6 is 0 Å². The fourth-order valence-electron chi connectivity index (χ4n) is 9.15. The normalized spacial score (nSPS) is 11.7. The van der Waals surface area contributed by atoms with E-state index in [0.717, 1.165) is 88.4 Å². The van der Waals surface area contributed by atoms with Crippen LogP contribution in [0.25, 0.3) is 116 Å². The SMILES string of the molecule is c1ccc(-c2c3ccccc3nc3c2ccc2ccc(-c4c5ccccc5c(-c5ccc(-n6c(-c7ccccc7)nc7ccccc76)cc5)c5ccccc45)nc23)cc1. The third-order valence-electron chi connectivity index (χ3n) is 11.8. The van der Waals surface area contributed by atoms with Crippen molar-refractivity contribution in [1.82, 2.24) is 19.5 Å². The zero-order valence-electron chi connectivity index (χ0n) is 31.9. The van der Waals surface area contributed by atoms with Crippen molar-refractivity contribution in [1.29, 1.82) is 0 Å². The lowest BCUT2D eigenvalue weighted by Crippen LogP contribution is -1.98. The van der Waals surface area contributed by atoms with E-state index in [1.165, 1.54) is 27.5 Å². The standard InChI is InChI=1S/C55H34N4/c1-3-15-35(16-4-1)51-44-23-11-12-24-46(44)56-54-45(51)33-29-37-30-34-48(57-53(37)54)52-42-21-9-7-19-40(42)50(41-20-8-10-22-43(41)52)36-27-31-39(32-28-36)59-49-26-14-13-25-47(49)58-55(59)38-17-5-2-6-18-38/h1-34H. The van der Waals surface area contributed by atoms with Crippen LogP contribution in [0, 0.1) is 0 Å². The number of rotatable bonds is 5. The van der Waals surface area contributed by atoms with Crippen molar-refractivity contribution >= 4 is 65.3 Å². The summed E-state index contributed by atoms with van der Waals surface area (Å²) in [6.07, 6.45) is 0. The van der Waals surface area contributed by atoms with Crippen LogP contribution in [0.15, 0.2) is 206 Å². The molecule has 0 atom stereocenters. The molecule has 3 heterocycles. The summed E-state index contributed by atoms with van der Waals surface area (Å²) in [4.78, 5) is 15.9. The van der Waals surface area contributed by atoms with Gasteiger partial charge in [0.05, 0.1) is 33.3 Å². The zero-order valence-corrected chi connectivity index (χ0v) is 31.9. The maximum absolute atomic E-state index is 5.54. The van der Waals surface area contributed by atoms with Gasteiger partial charge in [-0.1, -0.05) is 170 Å². The average molecular weight is 751 g/mol. The molecular formula is C55H34N4. The first-order valence-corrected chi connectivity index (χ1v) is 20.0. The monoisotopic (exact) mass is 750 g/mol. The van der Waals surface area contributed by atoms with E-state index in [1.54, 1.807) is 0 Å². The Balaban J connectivity index is 1.06. The summed E-state index contributed by atoms with van der Waals surface area (Å²) in [5.74, 6) is 0.926. The van der Waals surface area contributed by atoms with Crippen LogP contribution < -0.4 is 0 Å². The first-order valence-electron chi connectivity index (χ1n) is 20.0. The fourth-order valence-corrected chi connectivity index (χ4v) is 9.15. The Kier molecular flexibility index (Phi) is 7.50. The van der Waals surface area contributed by atoms with Gasteiger partial charge < -0.3 is 0 Å². The third-order valence-corrected chi connectivity index (χ3v) is 11.8. The predicted octanol–water partition coefficient (Wildman–Crippen LogP) is 14.2. The highest BCUT2D eigenvalue weighted by Gasteiger charge is 2.20. The molecule has 3 aromatic heterocycles. The molecule has 12 rings (SSSR count). The first kappa shape index (κ1) is 33.2. The van der Waals surface area contributed by atoms with Crippen molar-refractivity contribution in [2.75, 3.05) is 0 Å². The molecule has 0 aliphatic heterocycles. The Bertz CT molecular complexity index is 3530. The molecule has 0 saturated heterocycles. The Morgan fingerprint density at radius 3 is 1.53 bits per heavy atom. The minimum absolute atomic E-state index is 0.901. The van der Waals surface area contributed by atoms with Gasteiger partial charge in [-0.25, -0.2) is 15.0 Å². The van der Waals surface area contributed by atoms with Gasteiger partial charge >= 0.3 is 0 Å². The van der Waals surface area contributed by atoms with Crippen molar-refractivity contribution in [2.24, 2.45) is 0 Å². The van der Waals surface area contributed by atoms with Gasteiger partial charge in [-0.2, -0.15) is 0 Å². The molecule has 0 radical (unpaired) electrons. The molecular weight excluding hydrogens is 717 g/mol. The largest absolute Gasteiger partial charge is 0.292 e. The Hall–Kier alpha value is -7.95. The molecule has 0 fully saturated rings. The van der Waals surface area contributed by atoms with Crippen LogP contribution in [0.1, 0.15) is 0 Å². The van der Waals surface area contributed by atoms with Gasteiger partial charge in [0, 0.05) is 38.5 Å². The summed E-state index contributed by atoms with van der Waals surface area (Å²) in [7, 11) is 0. The van der Waals surface area contributed by atoms with E-state index in [4.69, 9.17) is 15.0 Å². The lowest BCUT2D eigenvalue weighted by Gasteiger charge is -2.18. The number of aromatic nitrogens is 4. The molecule has 274 valence electrons. The van der Waals surface area contributed by atoms with E-state index in [0.29, 0.717) is 0 Å². The molecule has 59 heavy (non-hydrogen) atoms. The maximum atomic E-state index is 5.54. The van der Waals surface area contributed by atoms with Crippen LogP contribution in [0.2, 0.25) is 0 Å². The molecule has 12 aromatic rings. The molecule has 4 nitrogen and oxygen atoms in total. The van der Waals surface area contributed by atoms with Gasteiger partial charge in [0.2, 0.25) is 0 Å². The van der Waals surface area contributed by atoms with E-state index in [1.807, 2.05) is 12.1 Å². The highest BCUT2D eigenvalue weighted by molar-refractivity contribution is 6.22. The number of pyridine rings is 2. The summed E-state index contributed by atoms with van der Waals surface area (Å²) in [6, 6.07) is 73.2. The average Bonchev–Trinajstić information content (AvgIpc) is 3.70. The summed E-state index contributed by atoms with van der Waals surface area (Å²) in [5, 5.41) is 7.98. The lowest BCUT2D eigenvalue weighted by atomic mass is 9.87. The van der Waals surface area contributed by atoms with Gasteiger partial charge in [-0.3, -0.25) is 4.57 Å². The third kappa shape index (κ3) is 5.27. The fraction of sp³-hybridized carbons (Fsp3) is 0. The summed E-state index contributed by atoms with van der Waals surface area (Å²) >= 11 is 0. The first-order chi connectivity index (χ1) is 29.3. The van der Waals surface area contributed by atoms with Gasteiger partial charge in [0.25, 0.3) is 0 Å². The van der Waals surface area contributed by atoms with Gasteiger partial charge in [-0.05, 0) is 74.6 Å². The summed E-state index contributed by atoms with van der Waals surface area (Å²) in [6.45, 7) is 0. The van der Waals surface area contributed by atoms with Gasteiger partial charge in [-0.15, -0.1) is 0 Å². The number of para-hydroxylation sites is 3. The van der Waals surface area contributed by atoms with E-state index in [2.05, 4.69) is 199 Å². The molecule has 0 N–H and O–H groups in total. The van der Waals surface area contributed by atoms with Gasteiger partial charge in [0.1, 0.15) is 5.82 Å². The molecule has 0 bridgehead atoms. The number of fused-ring (bicyclic) bond motifs is 7. The van der Waals surface area contributed by atoms with Gasteiger partial charge in [0.15, 0.2) is 0 Å². The van der Waals surface area contributed by atoms with Crippen LogP contribution in [-0.2, 0) is 0 Å². The molecule has 0 aliphatic carbocycles. The lowest BCUT2D eigenvalue weighted by molar-refractivity contribution is 1.10. The van der Waals surface area contributed by atoms with Crippen LogP contribution in [-0.4, -0.2) is 19.5 Å². The molecule has 0 unspecified atom stereocenters. The molecule has 0 aliphatic rings. The van der Waals surface area contributed by atoms with Crippen molar-refractivity contribution in [3.63, 3.8) is 0 Å². The molecule has 0 saturated carbocycles. The maximum Gasteiger partial charge on any atom is 0.145 e. The molecule has 0 spiro atoms. The number of nitrogens with zero attached hydrogens (tertiary/aromatic N) is 4.